The van der Waals surface area contributed by atoms with Crippen LogP contribution in [0.5, 0.6) is 5.75 Å². The van der Waals surface area contributed by atoms with E-state index in [1.807, 2.05) is 56.6 Å². The van der Waals surface area contributed by atoms with Gasteiger partial charge in [0.15, 0.2) is 5.65 Å². The molecule has 0 unspecified atom stereocenters. The van der Waals surface area contributed by atoms with Crippen molar-refractivity contribution in [3.05, 3.63) is 89.4 Å². The number of benzene rings is 2. The summed E-state index contributed by atoms with van der Waals surface area (Å²) >= 11 is 0. The highest BCUT2D eigenvalue weighted by atomic mass is 16.3. The number of phenolic OH excluding ortho intramolecular Hbond substituents is 1. The zero-order valence-corrected chi connectivity index (χ0v) is 40.4. The van der Waals surface area contributed by atoms with Crippen molar-refractivity contribution in [3.63, 3.8) is 0 Å². The molecule has 0 radical (unpaired) electrons. The van der Waals surface area contributed by atoms with E-state index in [0.29, 0.717) is 30.3 Å². The fourth-order valence-electron chi connectivity index (χ4n) is 10.9. The van der Waals surface area contributed by atoms with E-state index in [9.17, 15) is 29.7 Å². The quantitative estimate of drug-likeness (QED) is 0.0978. The van der Waals surface area contributed by atoms with Gasteiger partial charge >= 0.3 is 6.03 Å². The van der Waals surface area contributed by atoms with Crippen LogP contribution < -0.4 is 20.4 Å². The number of amides is 4. The molecule has 0 bridgehead atoms. The number of aliphatic hydroxyl groups is 2. The molecule has 0 saturated carbocycles. The topological polar surface area (TPSA) is 220 Å². The summed E-state index contributed by atoms with van der Waals surface area (Å²) in [5.74, 6) is 2.53. The Labute approximate surface area is 408 Å². The number of nitrogens with zero attached hydrogens (tertiary/aromatic N) is 9. The summed E-state index contributed by atoms with van der Waals surface area (Å²) in [6, 6.07) is 14.5. The van der Waals surface area contributed by atoms with Crippen molar-refractivity contribution >= 4 is 40.5 Å². The van der Waals surface area contributed by atoms with Crippen molar-refractivity contribution in [3.8, 4) is 29.4 Å². The number of likely N-dealkylation sites (tertiary alicyclic amines) is 2. The third kappa shape index (κ3) is 9.83. The predicted molar refractivity (Wildman–Crippen MR) is 266 cm³/mol. The monoisotopic (exact) mass is 953 g/mol. The first-order valence-electron chi connectivity index (χ1n) is 24.5. The Morgan fingerprint density at radius 2 is 1.71 bits per heavy atom. The van der Waals surface area contributed by atoms with E-state index in [2.05, 4.69) is 60.3 Å². The average Bonchev–Trinajstić information content (AvgIpc) is 3.95. The number of β-amino-alcohol motifs (C(OH)–C–C–N with tert-alkyl or cyclic N) is 1. The van der Waals surface area contributed by atoms with Crippen LogP contribution in [0.15, 0.2) is 67.0 Å². The largest absolute Gasteiger partial charge is 0.507 e. The molecule has 6 N–H and O–H groups in total. The van der Waals surface area contributed by atoms with Gasteiger partial charge in [-0.3, -0.25) is 14.5 Å². The average molecular weight is 953 g/mol. The molecule has 2 aromatic carbocycles. The maximum Gasteiger partial charge on any atom is 0.318 e. The van der Waals surface area contributed by atoms with Crippen LogP contribution in [-0.2, 0) is 22.6 Å². The Hall–Kier alpha value is -6.81. The summed E-state index contributed by atoms with van der Waals surface area (Å²) in [6.45, 7) is 12.2. The summed E-state index contributed by atoms with van der Waals surface area (Å²) in [7, 11) is 0. The number of aromatic amines is 1. The van der Waals surface area contributed by atoms with Crippen LogP contribution in [0.2, 0.25) is 0 Å². The number of hydrogen-bond donors (Lipinski definition) is 6. The molecule has 3 fully saturated rings. The smallest absolute Gasteiger partial charge is 0.318 e. The molecule has 9 rings (SSSR count). The Kier molecular flexibility index (Phi) is 14.0. The number of anilines is 2. The third-order valence-electron chi connectivity index (χ3n) is 15.0. The fourth-order valence-corrected chi connectivity index (χ4v) is 10.9. The number of phenols is 1. The zero-order chi connectivity index (χ0) is 49.3. The number of piperazine rings is 1. The van der Waals surface area contributed by atoms with Gasteiger partial charge in [-0.25, -0.2) is 14.8 Å². The number of terminal acetylenes is 1. The van der Waals surface area contributed by atoms with Crippen LogP contribution in [-0.4, -0.2) is 156 Å². The van der Waals surface area contributed by atoms with Gasteiger partial charge in [0, 0.05) is 112 Å². The van der Waals surface area contributed by atoms with Crippen molar-refractivity contribution in [2.75, 3.05) is 62.2 Å². The minimum atomic E-state index is -1.05. The zero-order valence-electron chi connectivity index (χ0n) is 40.4. The van der Waals surface area contributed by atoms with Crippen molar-refractivity contribution < 1.29 is 29.7 Å². The standard InChI is InChI=1S/C52H64N12O6/c1-6-34-11-13-35(14-12-34)27-53-48(68)43-25-38(66)31-64(43)49(69)46(52(4,5)18-24-65)57-51(70)60-19-15-36(16-20-60)62-23-22-61(30-32(62)2)37-28-54-50(55-29-37)63-21-17-41-45(33(63)3)40-26-42(58-59-47(40)56-41)39-9-7-8-10-44(39)67/h1,7-14,26,28-29,32-33,36,38,43,46,65-67H,15-25,27,30-31H2,2-5H3,(H,53,68)(H,56,59)(H,57,70)/t32-,33+,38+,43-,46+/m0/s1. The molecule has 18 heteroatoms. The molecule has 3 saturated heterocycles. The van der Waals surface area contributed by atoms with Gasteiger partial charge in [-0.2, -0.15) is 0 Å². The lowest BCUT2D eigenvalue weighted by molar-refractivity contribution is -0.142. The van der Waals surface area contributed by atoms with Gasteiger partial charge in [0.2, 0.25) is 17.8 Å². The molecule has 0 spiro atoms. The Morgan fingerprint density at radius 1 is 0.971 bits per heavy atom. The third-order valence-corrected chi connectivity index (χ3v) is 15.0. The predicted octanol–water partition coefficient (Wildman–Crippen LogP) is 3.97. The molecule has 5 aromatic rings. The van der Waals surface area contributed by atoms with Crippen molar-refractivity contribution in [2.24, 2.45) is 5.41 Å². The molecule has 7 heterocycles. The van der Waals surface area contributed by atoms with Gasteiger partial charge in [-0.15, -0.1) is 16.6 Å². The van der Waals surface area contributed by atoms with E-state index in [1.54, 1.807) is 29.2 Å². The number of para-hydroxylation sites is 1. The molecule has 368 valence electrons. The summed E-state index contributed by atoms with van der Waals surface area (Å²) in [5, 5.41) is 46.9. The molecule has 3 aromatic heterocycles. The van der Waals surface area contributed by atoms with Gasteiger partial charge in [0.1, 0.15) is 17.8 Å². The van der Waals surface area contributed by atoms with E-state index in [4.69, 9.17) is 16.4 Å². The maximum absolute atomic E-state index is 14.4. The lowest BCUT2D eigenvalue weighted by Crippen LogP contribution is -2.62. The number of carbonyl (C=O) groups is 3. The summed E-state index contributed by atoms with van der Waals surface area (Å²) in [5.41, 5.74) is 5.89. The molecule has 5 atom stereocenters. The van der Waals surface area contributed by atoms with Crippen LogP contribution in [0.4, 0.5) is 16.4 Å². The van der Waals surface area contributed by atoms with Crippen LogP contribution in [0, 0.1) is 17.8 Å². The highest BCUT2D eigenvalue weighted by Gasteiger charge is 2.46. The van der Waals surface area contributed by atoms with Crippen LogP contribution >= 0.6 is 0 Å². The normalized spacial score (nSPS) is 21.6. The van der Waals surface area contributed by atoms with Crippen LogP contribution in [0.3, 0.4) is 0 Å². The Morgan fingerprint density at radius 3 is 2.41 bits per heavy atom. The number of urea groups is 1. The highest BCUT2D eigenvalue weighted by Crippen LogP contribution is 2.39. The number of nitrogens with one attached hydrogen (secondary N) is 3. The van der Waals surface area contributed by atoms with E-state index in [0.717, 1.165) is 84.5 Å². The van der Waals surface area contributed by atoms with Crippen LogP contribution in [0.1, 0.15) is 81.8 Å². The molecule has 4 amide bonds. The van der Waals surface area contributed by atoms with E-state index >= 15 is 0 Å². The summed E-state index contributed by atoms with van der Waals surface area (Å²) in [4.78, 5) is 65.4. The lowest BCUT2D eigenvalue weighted by atomic mass is 9.80. The number of H-pyrrole nitrogens is 1. The van der Waals surface area contributed by atoms with Gasteiger partial charge in [0.25, 0.3) is 0 Å². The minimum Gasteiger partial charge on any atom is -0.507 e. The van der Waals surface area contributed by atoms with E-state index in [-0.39, 0.29) is 62.4 Å². The number of piperidine rings is 1. The maximum atomic E-state index is 14.4. The van der Waals surface area contributed by atoms with Gasteiger partial charge < -0.3 is 50.5 Å². The number of fused-ring (bicyclic) bond motifs is 3. The second-order valence-corrected chi connectivity index (χ2v) is 19.9. The summed E-state index contributed by atoms with van der Waals surface area (Å²) < 4.78 is 0. The molecule has 4 aliphatic rings. The summed E-state index contributed by atoms with van der Waals surface area (Å²) in [6.07, 6.45) is 11.0. The number of aromatic nitrogens is 5. The minimum absolute atomic E-state index is 0.0266. The van der Waals surface area contributed by atoms with E-state index in [1.165, 1.54) is 4.90 Å². The number of aromatic hydroxyl groups is 1. The highest BCUT2D eigenvalue weighted by molar-refractivity contribution is 5.93. The second-order valence-electron chi connectivity index (χ2n) is 19.9. The molecular formula is C52H64N12O6. The second kappa shape index (κ2) is 20.3. The SMILES string of the molecule is C#Cc1ccc(CNC(=O)[C@@H]2C[C@@H](O)CN2C(=O)[C@@H](NC(=O)N2CCC(N3CCN(c4cnc(N5CCc6[nH]c7nnc(-c8ccccc8O)cc7c6[C@H]5C)nc4)C[C@@H]3C)CC2)C(C)(C)CCO)cc1. The number of aliphatic hydroxyl groups excluding tert-OH is 2. The van der Waals surface area contributed by atoms with Crippen molar-refractivity contribution in [2.45, 2.75) is 103 Å². The number of carbonyl (C=O) groups excluding carboxylic acids is 3. The first-order valence-corrected chi connectivity index (χ1v) is 24.5. The molecule has 18 nitrogen and oxygen atoms in total. The molecule has 0 aliphatic carbocycles. The molecule has 4 aliphatic heterocycles. The Bertz CT molecular complexity index is 2730. The van der Waals surface area contributed by atoms with Crippen molar-refractivity contribution in [1.29, 1.82) is 0 Å². The first kappa shape index (κ1) is 48.2. The van der Waals surface area contributed by atoms with Crippen LogP contribution in [0.25, 0.3) is 22.3 Å². The molecular weight excluding hydrogens is 889 g/mol. The van der Waals surface area contributed by atoms with Gasteiger partial charge in [-0.1, -0.05) is 44.0 Å². The first-order chi connectivity index (χ1) is 33.7. The van der Waals surface area contributed by atoms with Crippen molar-refractivity contribution in [1.82, 2.24) is 50.5 Å². The van der Waals surface area contributed by atoms with E-state index < -0.39 is 35.4 Å². The van der Waals surface area contributed by atoms with Gasteiger partial charge in [-0.05, 0) is 74.4 Å². The van der Waals surface area contributed by atoms with Gasteiger partial charge in [0.05, 0.1) is 35.9 Å². The number of hydrogen-bond acceptors (Lipinski definition) is 13. The fraction of sp³-hybridized carbons (Fsp3) is 0.481. The number of rotatable bonds is 12. The Balaban J connectivity index is 0.786. The lowest BCUT2D eigenvalue weighted by Gasteiger charge is -2.47. The molecule has 70 heavy (non-hydrogen) atoms.